The molecule has 2 aromatic rings. The highest BCUT2D eigenvalue weighted by molar-refractivity contribution is 6.42. The molecule has 0 saturated carbocycles. The average molecular weight is 391 g/mol. The van der Waals surface area contributed by atoms with Gasteiger partial charge in [-0.2, -0.15) is 0 Å². The molecule has 5 heteroatoms. The van der Waals surface area contributed by atoms with Crippen molar-refractivity contribution in [1.29, 1.82) is 0 Å². The van der Waals surface area contributed by atoms with Gasteiger partial charge in [0.1, 0.15) is 0 Å². The summed E-state index contributed by atoms with van der Waals surface area (Å²) in [6, 6.07) is 15.4. The van der Waals surface area contributed by atoms with Crippen molar-refractivity contribution in [2.24, 2.45) is 5.92 Å². The second-order valence-corrected chi connectivity index (χ2v) is 7.59. The highest BCUT2D eigenvalue weighted by Crippen LogP contribution is 2.23. The second-order valence-electron chi connectivity index (χ2n) is 6.77. The van der Waals surface area contributed by atoms with Crippen molar-refractivity contribution in [1.82, 2.24) is 10.2 Å². The molecular formula is C21H24Cl2N2O. The van der Waals surface area contributed by atoms with Gasteiger partial charge >= 0.3 is 0 Å². The highest BCUT2D eigenvalue weighted by Gasteiger charge is 2.25. The summed E-state index contributed by atoms with van der Waals surface area (Å²) in [5, 5.41) is 4.63. The number of ketones is 1. The molecule has 26 heavy (non-hydrogen) atoms. The van der Waals surface area contributed by atoms with Gasteiger partial charge in [0.15, 0.2) is 5.78 Å². The van der Waals surface area contributed by atoms with Crippen LogP contribution in [0.4, 0.5) is 0 Å². The quantitative estimate of drug-likeness (QED) is 0.550. The first-order valence-electron chi connectivity index (χ1n) is 9.10. The minimum atomic E-state index is 0.165. The summed E-state index contributed by atoms with van der Waals surface area (Å²) in [6.07, 6.45) is 1.89. The number of likely N-dealkylation sites (tertiary alicyclic amines) is 1. The molecule has 0 unspecified atom stereocenters. The van der Waals surface area contributed by atoms with Gasteiger partial charge in [0.25, 0.3) is 0 Å². The van der Waals surface area contributed by atoms with Crippen molar-refractivity contribution >= 4 is 29.0 Å². The first-order valence-corrected chi connectivity index (χ1v) is 9.85. The first-order chi connectivity index (χ1) is 12.6. The zero-order valence-electron chi connectivity index (χ0n) is 14.8. The Balaban J connectivity index is 1.36. The molecule has 1 aliphatic heterocycles. The largest absolute Gasteiger partial charge is 0.311 e. The van der Waals surface area contributed by atoms with E-state index in [1.54, 1.807) is 0 Å². The summed E-state index contributed by atoms with van der Waals surface area (Å²) in [4.78, 5) is 15.0. The van der Waals surface area contributed by atoms with Crippen molar-refractivity contribution in [3.8, 4) is 0 Å². The fourth-order valence-electron chi connectivity index (χ4n) is 3.38. The fourth-order valence-corrected chi connectivity index (χ4v) is 3.70. The van der Waals surface area contributed by atoms with Crippen molar-refractivity contribution in [2.75, 3.05) is 26.2 Å². The molecule has 0 atom stereocenters. The van der Waals surface area contributed by atoms with Crippen LogP contribution in [-0.2, 0) is 6.54 Å². The van der Waals surface area contributed by atoms with Gasteiger partial charge in [0.05, 0.1) is 10.0 Å². The first kappa shape index (κ1) is 19.4. The molecule has 1 saturated heterocycles. The number of Topliss-reactive ketones (excluding diaryl/α,β-unsaturated/α-hetero) is 1. The Kier molecular flexibility index (Phi) is 7.09. The lowest BCUT2D eigenvalue weighted by atomic mass is 9.89. The van der Waals surface area contributed by atoms with Crippen LogP contribution in [0.3, 0.4) is 0 Å². The van der Waals surface area contributed by atoms with Gasteiger partial charge in [-0.25, -0.2) is 0 Å². The van der Waals surface area contributed by atoms with Gasteiger partial charge in [0.2, 0.25) is 0 Å². The Bertz CT molecular complexity index is 728. The SMILES string of the molecule is O=C(c1ccccc1)C1CCN(CCNCc2ccc(Cl)c(Cl)c2)CC1. The number of nitrogens with zero attached hydrogens (tertiary/aromatic N) is 1. The lowest BCUT2D eigenvalue weighted by Crippen LogP contribution is -2.39. The predicted octanol–water partition coefficient (Wildman–Crippen LogP) is 4.68. The van der Waals surface area contributed by atoms with Crippen LogP contribution in [0.2, 0.25) is 10.0 Å². The lowest BCUT2D eigenvalue weighted by Gasteiger charge is -2.31. The second kappa shape index (κ2) is 9.52. The third-order valence-corrected chi connectivity index (χ3v) is 5.67. The van der Waals surface area contributed by atoms with Crippen LogP contribution in [0.1, 0.15) is 28.8 Å². The number of piperidine rings is 1. The van der Waals surface area contributed by atoms with E-state index >= 15 is 0 Å². The number of carbonyl (C=O) groups excluding carboxylic acids is 1. The number of halogens is 2. The molecule has 0 aliphatic carbocycles. The van der Waals surface area contributed by atoms with Gasteiger partial charge in [-0.1, -0.05) is 59.6 Å². The van der Waals surface area contributed by atoms with Gasteiger partial charge < -0.3 is 10.2 Å². The topological polar surface area (TPSA) is 32.3 Å². The standard InChI is InChI=1S/C21H24Cl2N2O/c22-19-7-6-16(14-20(19)23)15-24-10-13-25-11-8-18(9-12-25)21(26)17-4-2-1-3-5-17/h1-7,14,18,24H,8-13,15H2. The Labute approximate surface area is 165 Å². The summed E-state index contributed by atoms with van der Waals surface area (Å²) in [5.74, 6) is 0.459. The number of carbonyl (C=O) groups is 1. The lowest BCUT2D eigenvalue weighted by molar-refractivity contribution is 0.0841. The maximum absolute atomic E-state index is 12.5. The van der Waals surface area contributed by atoms with Gasteiger partial charge in [-0.3, -0.25) is 4.79 Å². The minimum Gasteiger partial charge on any atom is -0.311 e. The number of rotatable bonds is 7. The van der Waals surface area contributed by atoms with Crippen LogP contribution < -0.4 is 5.32 Å². The van der Waals surface area contributed by atoms with Crippen LogP contribution in [-0.4, -0.2) is 36.9 Å². The Morgan fingerprint density at radius 1 is 1.04 bits per heavy atom. The Morgan fingerprint density at radius 2 is 1.77 bits per heavy atom. The van der Waals surface area contributed by atoms with Crippen LogP contribution in [0.15, 0.2) is 48.5 Å². The molecule has 0 bridgehead atoms. The number of nitrogens with one attached hydrogen (secondary N) is 1. The van der Waals surface area contributed by atoms with Gasteiger partial charge in [0, 0.05) is 31.1 Å². The summed E-state index contributed by atoms with van der Waals surface area (Å²) >= 11 is 12.0. The van der Waals surface area contributed by atoms with E-state index in [-0.39, 0.29) is 5.92 Å². The van der Waals surface area contributed by atoms with Crippen molar-refractivity contribution in [3.05, 3.63) is 69.7 Å². The highest BCUT2D eigenvalue weighted by atomic mass is 35.5. The van der Waals surface area contributed by atoms with Crippen molar-refractivity contribution in [3.63, 3.8) is 0 Å². The average Bonchev–Trinajstić information content (AvgIpc) is 2.68. The summed E-state index contributed by atoms with van der Waals surface area (Å²) < 4.78 is 0. The van der Waals surface area contributed by atoms with E-state index in [1.165, 1.54) is 0 Å². The molecule has 1 aliphatic rings. The summed E-state index contributed by atoms with van der Waals surface area (Å²) in [5.41, 5.74) is 1.97. The van der Waals surface area contributed by atoms with Crippen LogP contribution in [0.5, 0.6) is 0 Å². The summed E-state index contributed by atoms with van der Waals surface area (Å²) in [7, 11) is 0. The molecule has 3 nitrogen and oxygen atoms in total. The molecule has 2 aromatic carbocycles. The van der Waals surface area contributed by atoms with E-state index in [2.05, 4.69) is 10.2 Å². The zero-order valence-corrected chi connectivity index (χ0v) is 16.3. The molecule has 0 radical (unpaired) electrons. The van der Waals surface area contributed by atoms with Gasteiger partial charge in [-0.05, 0) is 43.6 Å². The Hall–Kier alpha value is -1.39. The number of hydrogen-bond donors (Lipinski definition) is 1. The maximum Gasteiger partial charge on any atom is 0.166 e. The van der Waals surface area contributed by atoms with Crippen molar-refractivity contribution in [2.45, 2.75) is 19.4 Å². The molecule has 1 N–H and O–H groups in total. The van der Waals surface area contributed by atoms with Crippen molar-refractivity contribution < 1.29 is 4.79 Å². The molecule has 0 amide bonds. The predicted molar refractivity (Wildman–Crippen MR) is 108 cm³/mol. The zero-order chi connectivity index (χ0) is 18.4. The monoisotopic (exact) mass is 390 g/mol. The van der Waals surface area contributed by atoms with E-state index in [9.17, 15) is 4.79 Å². The molecule has 0 spiro atoms. The molecule has 138 valence electrons. The smallest absolute Gasteiger partial charge is 0.166 e. The Morgan fingerprint density at radius 3 is 2.46 bits per heavy atom. The normalized spacial score (nSPS) is 15.9. The molecular weight excluding hydrogens is 367 g/mol. The van der Waals surface area contributed by atoms with Crippen LogP contribution in [0.25, 0.3) is 0 Å². The maximum atomic E-state index is 12.5. The minimum absolute atomic E-state index is 0.165. The molecule has 3 rings (SSSR count). The third-order valence-electron chi connectivity index (χ3n) is 4.93. The molecule has 0 aromatic heterocycles. The van der Waals surface area contributed by atoms with E-state index in [4.69, 9.17) is 23.2 Å². The van der Waals surface area contributed by atoms with E-state index in [0.717, 1.165) is 56.7 Å². The van der Waals surface area contributed by atoms with Crippen LogP contribution in [0, 0.1) is 5.92 Å². The fraction of sp³-hybridized carbons (Fsp3) is 0.381. The van der Waals surface area contributed by atoms with E-state index in [1.807, 2.05) is 48.5 Å². The molecule has 1 fully saturated rings. The van der Waals surface area contributed by atoms with E-state index < -0.39 is 0 Å². The molecule has 1 heterocycles. The third kappa shape index (κ3) is 5.31. The van der Waals surface area contributed by atoms with Crippen LogP contribution >= 0.6 is 23.2 Å². The number of benzene rings is 2. The van der Waals surface area contributed by atoms with Gasteiger partial charge in [-0.15, -0.1) is 0 Å². The number of hydrogen-bond acceptors (Lipinski definition) is 3. The van der Waals surface area contributed by atoms with E-state index in [0.29, 0.717) is 15.8 Å². The summed E-state index contributed by atoms with van der Waals surface area (Å²) in [6.45, 7) is 4.65.